The molecule has 0 aromatic heterocycles. The zero-order chi connectivity index (χ0) is 9.73. The molecule has 0 radical (unpaired) electrons. The summed E-state index contributed by atoms with van der Waals surface area (Å²) in [4.78, 5) is 18.9. The fraction of sp³-hybridized carbons (Fsp3) is 0.333. The topological polar surface area (TPSA) is 49.7 Å². The van der Waals surface area contributed by atoms with Crippen molar-refractivity contribution in [3.8, 4) is 5.75 Å². The molecule has 72 valence electrons. The van der Waals surface area contributed by atoms with Crippen molar-refractivity contribution < 1.29 is 14.0 Å². The van der Waals surface area contributed by atoms with Gasteiger partial charge < -0.3 is 14.0 Å². The molecule has 1 aromatic rings. The van der Waals surface area contributed by atoms with Gasteiger partial charge in [-0.15, -0.1) is 0 Å². The molecule has 0 amide bonds. The van der Waals surface area contributed by atoms with Gasteiger partial charge in [0.05, 0.1) is 0 Å². The molecule has 1 rings (SSSR count). The van der Waals surface area contributed by atoms with Crippen LogP contribution in [0.2, 0.25) is 6.04 Å². The average molecular weight is 198 g/mol. The first-order valence-corrected chi connectivity index (χ1v) is 6.34. The number of para-hydroxylation sites is 1. The molecule has 0 aliphatic heterocycles. The second kappa shape index (κ2) is 4.41. The number of rotatable bonds is 4. The standard InChI is InChI=1S/C9H14O3Si/c1-2-8-13(10,11)12-9-6-4-3-5-7-9/h3-7,10-11H,2,8H2,1H3. The number of hydrogen-bond acceptors (Lipinski definition) is 3. The lowest BCUT2D eigenvalue weighted by atomic mass is 10.3. The largest absolute Gasteiger partial charge is 0.560 e. The van der Waals surface area contributed by atoms with Gasteiger partial charge in [-0.25, -0.2) is 0 Å². The molecular formula is C9H14O3Si. The fourth-order valence-corrected chi connectivity index (χ4v) is 2.32. The van der Waals surface area contributed by atoms with E-state index in [0.29, 0.717) is 18.2 Å². The van der Waals surface area contributed by atoms with Crippen molar-refractivity contribution in [3.63, 3.8) is 0 Å². The Morgan fingerprint density at radius 1 is 1.23 bits per heavy atom. The Kier molecular flexibility index (Phi) is 3.47. The fourth-order valence-electron chi connectivity index (χ4n) is 1.05. The highest BCUT2D eigenvalue weighted by molar-refractivity contribution is 6.58. The highest BCUT2D eigenvalue weighted by atomic mass is 28.4. The quantitative estimate of drug-likeness (QED) is 0.719. The van der Waals surface area contributed by atoms with Crippen LogP contribution in [0.4, 0.5) is 0 Å². The van der Waals surface area contributed by atoms with E-state index in [1.54, 1.807) is 24.3 Å². The van der Waals surface area contributed by atoms with Crippen LogP contribution in [0.25, 0.3) is 0 Å². The molecule has 13 heavy (non-hydrogen) atoms. The van der Waals surface area contributed by atoms with Gasteiger partial charge in [-0.2, -0.15) is 0 Å². The zero-order valence-electron chi connectivity index (χ0n) is 7.60. The molecule has 0 aliphatic rings. The predicted octanol–water partition coefficient (Wildman–Crippen LogP) is 1.40. The van der Waals surface area contributed by atoms with Gasteiger partial charge in [0.25, 0.3) is 0 Å². The van der Waals surface area contributed by atoms with Gasteiger partial charge in [-0.1, -0.05) is 31.5 Å². The lowest BCUT2D eigenvalue weighted by molar-refractivity contribution is 0.238. The van der Waals surface area contributed by atoms with Crippen molar-refractivity contribution >= 4 is 8.80 Å². The minimum atomic E-state index is -3.44. The molecule has 0 heterocycles. The first kappa shape index (κ1) is 10.2. The highest BCUT2D eigenvalue weighted by Crippen LogP contribution is 2.15. The normalized spacial score (nSPS) is 11.3. The summed E-state index contributed by atoms with van der Waals surface area (Å²) in [6.45, 7) is 1.89. The third-order valence-corrected chi connectivity index (χ3v) is 3.31. The maximum atomic E-state index is 9.44. The van der Waals surface area contributed by atoms with E-state index >= 15 is 0 Å². The van der Waals surface area contributed by atoms with E-state index in [1.165, 1.54) is 0 Å². The van der Waals surface area contributed by atoms with Crippen molar-refractivity contribution in [1.82, 2.24) is 0 Å². The second-order valence-corrected chi connectivity index (χ2v) is 5.10. The summed E-state index contributed by atoms with van der Waals surface area (Å²) < 4.78 is 5.09. The Bertz CT molecular complexity index is 248. The maximum Gasteiger partial charge on any atom is 0.560 e. The summed E-state index contributed by atoms with van der Waals surface area (Å²) in [5, 5.41) is 0. The van der Waals surface area contributed by atoms with Gasteiger partial charge in [0, 0.05) is 6.04 Å². The van der Waals surface area contributed by atoms with Crippen LogP contribution in [0, 0.1) is 0 Å². The van der Waals surface area contributed by atoms with Gasteiger partial charge in [0.1, 0.15) is 5.75 Å². The van der Waals surface area contributed by atoms with Crippen LogP contribution in [0.3, 0.4) is 0 Å². The van der Waals surface area contributed by atoms with Crippen LogP contribution in [0.5, 0.6) is 5.75 Å². The van der Waals surface area contributed by atoms with Crippen LogP contribution < -0.4 is 4.43 Å². The first-order valence-electron chi connectivity index (χ1n) is 4.33. The summed E-state index contributed by atoms with van der Waals surface area (Å²) in [6.07, 6.45) is 0.714. The van der Waals surface area contributed by atoms with E-state index < -0.39 is 8.80 Å². The Labute approximate surface area is 79.0 Å². The molecule has 0 atom stereocenters. The maximum absolute atomic E-state index is 9.44. The predicted molar refractivity (Wildman–Crippen MR) is 52.4 cm³/mol. The third-order valence-electron chi connectivity index (χ3n) is 1.60. The Morgan fingerprint density at radius 2 is 1.85 bits per heavy atom. The molecule has 0 fully saturated rings. The van der Waals surface area contributed by atoms with Crippen molar-refractivity contribution in [2.45, 2.75) is 19.4 Å². The Hall–Kier alpha value is -0.843. The van der Waals surface area contributed by atoms with Gasteiger partial charge in [-0.3, -0.25) is 0 Å². The van der Waals surface area contributed by atoms with Crippen LogP contribution in [-0.4, -0.2) is 18.4 Å². The van der Waals surface area contributed by atoms with E-state index in [4.69, 9.17) is 4.43 Å². The zero-order valence-corrected chi connectivity index (χ0v) is 8.60. The van der Waals surface area contributed by atoms with Crippen LogP contribution in [-0.2, 0) is 0 Å². The van der Waals surface area contributed by atoms with Gasteiger partial charge in [0.2, 0.25) is 0 Å². The molecule has 3 nitrogen and oxygen atoms in total. The summed E-state index contributed by atoms with van der Waals surface area (Å²) in [6, 6.07) is 9.21. The minimum absolute atomic E-state index is 0.335. The summed E-state index contributed by atoms with van der Waals surface area (Å²) in [5.41, 5.74) is 0. The lowest BCUT2D eigenvalue weighted by Crippen LogP contribution is -2.42. The number of hydrogen-bond donors (Lipinski definition) is 2. The average Bonchev–Trinajstić information content (AvgIpc) is 2.04. The molecule has 2 N–H and O–H groups in total. The molecule has 0 saturated heterocycles. The van der Waals surface area contributed by atoms with Gasteiger partial charge in [0.15, 0.2) is 0 Å². The first-order chi connectivity index (χ1) is 6.14. The molecule has 0 spiro atoms. The highest BCUT2D eigenvalue weighted by Gasteiger charge is 2.33. The van der Waals surface area contributed by atoms with Crippen molar-refractivity contribution in [2.75, 3.05) is 0 Å². The second-order valence-electron chi connectivity index (χ2n) is 2.91. The van der Waals surface area contributed by atoms with Gasteiger partial charge >= 0.3 is 8.80 Å². The monoisotopic (exact) mass is 198 g/mol. The van der Waals surface area contributed by atoms with Crippen LogP contribution in [0.1, 0.15) is 13.3 Å². The summed E-state index contributed by atoms with van der Waals surface area (Å²) in [5.74, 6) is 0.521. The number of benzene rings is 1. The lowest BCUT2D eigenvalue weighted by Gasteiger charge is -2.17. The SMILES string of the molecule is CCC[Si](O)(O)Oc1ccccc1. The van der Waals surface area contributed by atoms with Crippen molar-refractivity contribution in [1.29, 1.82) is 0 Å². The van der Waals surface area contributed by atoms with E-state index in [9.17, 15) is 9.59 Å². The Morgan fingerprint density at radius 3 is 2.38 bits per heavy atom. The molecule has 0 aliphatic carbocycles. The Balaban J connectivity index is 2.58. The smallest absolute Gasteiger partial charge is 0.501 e. The summed E-state index contributed by atoms with van der Waals surface area (Å²) in [7, 11) is -3.44. The van der Waals surface area contributed by atoms with Crippen LogP contribution >= 0.6 is 0 Å². The van der Waals surface area contributed by atoms with Crippen molar-refractivity contribution in [2.24, 2.45) is 0 Å². The minimum Gasteiger partial charge on any atom is -0.501 e. The van der Waals surface area contributed by atoms with E-state index in [2.05, 4.69) is 0 Å². The molecule has 4 heteroatoms. The van der Waals surface area contributed by atoms with E-state index in [0.717, 1.165) is 0 Å². The molecular weight excluding hydrogens is 184 g/mol. The van der Waals surface area contributed by atoms with E-state index in [1.807, 2.05) is 13.0 Å². The van der Waals surface area contributed by atoms with Gasteiger partial charge in [-0.05, 0) is 12.1 Å². The molecule has 0 unspecified atom stereocenters. The van der Waals surface area contributed by atoms with Crippen molar-refractivity contribution in [3.05, 3.63) is 30.3 Å². The molecule has 0 bridgehead atoms. The van der Waals surface area contributed by atoms with Crippen LogP contribution in [0.15, 0.2) is 30.3 Å². The van der Waals surface area contributed by atoms with E-state index in [-0.39, 0.29) is 0 Å². The molecule has 0 saturated carbocycles. The summed E-state index contributed by atoms with van der Waals surface area (Å²) >= 11 is 0. The third kappa shape index (κ3) is 3.58. The molecule has 1 aromatic carbocycles.